The number of carbonyl (C=O) groups excluding carboxylic acids is 1. The molecule has 3 aromatic heterocycles. The summed E-state index contributed by atoms with van der Waals surface area (Å²) >= 11 is 0. The van der Waals surface area contributed by atoms with Gasteiger partial charge in [-0.1, -0.05) is 5.21 Å². The van der Waals surface area contributed by atoms with E-state index in [1.165, 1.54) is 28.9 Å². The topological polar surface area (TPSA) is 129 Å². The lowest BCUT2D eigenvalue weighted by atomic mass is 10.2. The van der Waals surface area contributed by atoms with Crippen LogP contribution >= 0.6 is 0 Å². The Morgan fingerprint density at radius 1 is 1.16 bits per heavy atom. The van der Waals surface area contributed by atoms with Crippen molar-refractivity contribution in [2.75, 3.05) is 26.3 Å². The molecule has 0 atom stereocenters. The molecule has 13 heteroatoms. The second-order valence-corrected chi connectivity index (χ2v) is 6.47. The molecule has 1 saturated heterocycles. The van der Waals surface area contributed by atoms with Crippen LogP contribution in [0, 0.1) is 5.82 Å². The molecule has 0 spiro atoms. The van der Waals surface area contributed by atoms with Gasteiger partial charge >= 0.3 is 6.09 Å². The van der Waals surface area contributed by atoms with Gasteiger partial charge in [-0.2, -0.15) is 0 Å². The van der Waals surface area contributed by atoms with Gasteiger partial charge in [0, 0.05) is 32.3 Å². The number of hydrazine groups is 1. The van der Waals surface area contributed by atoms with Crippen LogP contribution in [0.15, 0.2) is 30.5 Å². The maximum absolute atomic E-state index is 13.1. The minimum atomic E-state index is -0.665. The monoisotopic (exact) mass is 430 g/mol. The van der Waals surface area contributed by atoms with Crippen LogP contribution in [0.2, 0.25) is 0 Å². The SMILES string of the molecule is Cn1nnc(-c2ccc(F)cn2)c1COc1ccc(OC(=O)NN2CCOCC2)nn1. The second kappa shape index (κ2) is 9.40. The molecule has 4 heterocycles. The molecule has 162 valence electrons. The molecule has 3 aromatic rings. The number of pyridine rings is 1. The minimum absolute atomic E-state index is 0.0245. The normalized spacial score (nSPS) is 14.3. The number of morpholine rings is 1. The van der Waals surface area contributed by atoms with Gasteiger partial charge in [0.25, 0.3) is 0 Å². The van der Waals surface area contributed by atoms with E-state index in [9.17, 15) is 9.18 Å². The predicted molar refractivity (Wildman–Crippen MR) is 102 cm³/mol. The molecule has 0 bridgehead atoms. The number of nitrogens with one attached hydrogen (secondary N) is 1. The third kappa shape index (κ3) is 5.26. The predicted octanol–water partition coefficient (Wildman–Crippen LogP) is 0.721. The fourth-order valence-corrected chi connectivity index (χ4v) is 2.76. The molecule has 12 nitrogen and oxygen atoms in total. The van der Waals surface area contributed by atoms with Crippen LogP contribution in [0.5, 0.6) is 11.8 Å². The van der Waals surface area contributed by atoms with E-state index >= 15 is 0 Å². The largest absolute Gasteiger partial charge is 0.470 e. The van der Waals surface area contributed by atoms with E-state index in [2.05, 4.69) is 30.9 Å². The van der Waals surface area contributed by atoms with Crippen molar-refractivity contribution in [2.24, 2.45) is 7.05 Å². The van der Waals surface area contributed by atoms with Gasteiger partial charge in [0.1, 0.15) is 23.8 Å². The third-order valence-electron chi connectivity index (χ3n) is 4.34. The number of aryl methyl sites for hydroxylation is 1. The van der Waals surface area contributed by atoms with Crippen molar-refractivity contribution < 1.29 is 23.4 Å². The Labute approximate surface area is 175 Å². The number of rotatable bonds is 6. The van der Waals surface area contributed by atoms with Crippen molar-refractivity contribution in [3.05, 3.63) is 42.0 Å². The molecule has 0 aromatic carbocycles. The smallest absolute Gasteiger partial charge is 0.428 e. The zero-order valence-corrected chi connectivity index (χ0v) is 16.6. The van der Waals surface area contributed by atoms with Crippen molar-refractivity contribution in [3.63, 3.8) is 0 Å². The average Bonchev–Trinajstić information content (AvgIpc) is 3.15. The van der Waals surface area contributed by atoms with Crippen molar-refractivity contribution in [1.82, 2.24) is 40.6 Å². The summed E-state index contributed by atoms with van der Waals surface area (Å²) in [5.74, 6) is -0.210. The van der Waals surface area contributed by atoms with Crippen LogP contribution in [0.4, 0.5) is 9.18 Å². The van der Waals surface area contributed by atoms with Gasteiger partial charge in [0.2, 0.25) is 11.8 Å². The van der Waals surface area contributed by atoms with E-state index in [1.807, 2.05) is 0 Å². The maximum atomic E-state index is 13.1. The molecule has 4 rings (SSSR count). The standard InChI is InChI=1S/C18H19FN8O4/c1-26-14(17(23-25-26)13-3-2-12(19)10-20-13)11-30-15-4-5-16(22-21-15)31-18(28)24-27-6-8-29-9-7-27/h2-5,10H,6-9,11H2,1H3,(H,24,28). The molecule has 1 N–H and O–H groups in total. The van der Waals surface area contributed by atoms with Crippen LogP contribution in [-0.4, -0.2) is 67.6 Å². The van der Waals surface area contributed by atoms with Crippen LogP contribution in [0.1, 0.15) is 5.69 Å². The number of halogens is 1. The highest BCUT2D eigenvalue weighted by molar-refractivity contribution is 5.69. The van der Waals surface area contributed by atoms with Crippen LogP contribution in [-0.2, 0) is 18.4 Å². The quantitative estimate of drug-likeness (QED) is 0.597. The second-order valence-electron chi connectivity index (χ2n) is 6.47. The zero-order valence-electron chi connectivity index (χ0n) is 16.6. The molecule has 31 heavy (non-hydrogen) atoms. The highest BCUT2D eigenvalue weighted by Crippen LogP contribution is 2.20. The number of ether oxygens (including phenoxy) is 3. The van der Waals surface area contributed by atoms with Gasteiger partial charge in [-0.3, -0.25) is 10.4 Å². The van der Waals surface area contributed by atoms with Crippen molar-refractivity contribution in [2.45, 2.75) is 6.61 Å². The van der Waals surface area contributed by atoms with E-state index < -0.39 is 11.9 Å². The van der Waals surface area contributed by atoms with Crippen LogP contribution in [0.25, 0.3) is 11.4 Å². The number of aromatic nitrogens is 6. The first-order valence-corrected chi connectivity index (χ1v) is 9.36. The Morgan fingerprint density at radius 2 is 1.94 bits per heavy atom. The van der Waals surface area contributed by atoms with Crippen molar-refractivity contribution >= 4 is 6.09 Å². The Hall–Kier alpha value is -3.71. The van der Waals surface area contributed by atoms with E-state index in [4.69, 9.17) is 14.2 Å². The fourth-order valence-electron chi connectivity index (χ4n) is 2.76. The number of carbonyl (C=O) groups is 1. The van der Waals surface area contributed by atoms with Crippen LogP contribution in [0.3, 0.4) is 0 Å². The molecule has 1 amide bonds. The van der Waals surface area contributed by atoms with Crippen LogP contribution < -0.4 is 14.9 Å². The van der Waals surface area contributed by atoms with Gasteiger partial charge in [-0.25, -0.2) is 18.9 Å². The lowest BCUT2D eigenvalue weighted by Crippen LogP contribution is -2.49. The van der Waals surface area contributed by atoms with Gasteiger partial charge in [-0.15, -0.1) is 15.3 Å². The number of nitrogens with zero attached hydrogens (tertiary/aromatic N) is 7. The summed E-state index contributed by atoms with van der Waals surface area (Å²) in [7, 11) is 1.70. The number of hydrogen-bond donors (Lipinski definition) is 1. The summed E-state index contributed by atoms with van der Waals surface area (Å²) in [4.78, 5) is 15.9. The Bertz CT molecular complexity index is 1020. The average molecular weight is 430 g/mol. The van der Waals surface area contributed by atoms with Gasteiger partial charge < -0.3 is 14.2 Å². The molecule has 0 aliphatic carbocycles. The molecule has 1 aliphatic heterocycles. The number of amides is 1. The Morgan fingerprint density at radius 3 is 2.65 bits per heavy atom. The van der Waals surface area contributed by atoms with Crippen molar-refractivity contribution in [3.8, 4) is 23.1 Å². The lowest BCUT2D eigenvalue weighted by molar-refractivity contribution is 0.0151. The molecule has 0 unspecified atom stereocenters. The highest BCUT2D eigenvalue weighted by atomic mass is 19.1. The summed E-state index contributed by atoms with van der Waals surface area (Å²) in [6.45, 7) is 2.30. The third-order valence-corrected chi connectivity index (χ3v) is 4.34. The first-order valence-electron chi connectivity index (χ1n) is 9.36. The molecular weight excluding hydrogens is 411 g/mol. The highest BCUT2D eigenvalue weighted by Gasteiger charge is 2.17. The molecule has 0 saturated carbocycles. The minimum Gasteiger partial charge on any atom is -0.470 e. The molecular formula is C18H19FN8O4. The lowest BCUT2D eigenvalue weighted by Gasteiger charge is -2.26. The van der Waals surface area contributed by atoms with E-state index in [1.54, 1.807) is 12.1 Å². The van der Waals surface area contributed by atoms with E-state index in [0.29, 0.717) is 43.4 Å². The first-order chi connectivity index (χ1) is 15.1. The maximum Gasteiger partial charge on any atom is 0.428 e. The van der Waals surface area contributed by atoms with Gasteiger partial charge in [0.05, 0.1) is 25.1 Å². The van der Waals surface area contributed by atoms with Crippen molar-refractivity contribution in [1.29, 1.82) is 0 Å². The molecule has 1 fully saturated rings. The Kier molecular flexibility index (Phi) is 6.24. The van der Waals surface area contributed by atoms with E-state index in [-0.39, 0.29) is 18.4 Å². The first kappa shape index (κ1) is 20.6. The van der Waals surface area contributed by atoms with E-state index in [0.717, 1.165) is 6.20 Å². The molecule has 0 radical (unpaired) electrons. The summed E-state index contributed by atoms with van der Waals surface area (Å²) in [6.07, 6.45) is 0.441. The summed E-state index contributed by atoms with van der Waals surface area (Å²) in [5.41, 5.74) is 4.16. The summed E-state index contributed by atoms with van der Waals surface area (Å²) in [5, 5.41) is 17.4. The fraction of sp³-hybridized carbons (Fsp3) is 0.333. The molecule has 1 aliphatic rings. The Balaban J connectivity index is 1.34. The zero-order chi connectivity index (χ0) is 21.6. The summed E-state index contributed by atoms with van der Waals surface area (Å²) in [6, 6.07) is 5.78. The van der Waals surface area contributed by atoms with Gasteiger partial charge in [-0.05, 0) is 12.1 Å². The summed E-state index contributed by atoms with van der Waals surface area (Å²) < 4.78 is 30.6. The van der Waals surface area contributed by atoms with Gasteiger partial charge in [0.15, 0.2) is 0 Å². The number of hydrogen-bond acceptors (Lipinski definition) is 10.